The molecule has 0 aromatic carbocycles. The molecule has 2 bridgehead atoms. The van der Waals surface area contributed by atoms with Gasteiger partial charge in [0.1, 0.15) is 30.1 Å². The number of allylic oxidation sites excluding steroid dienone is 6. The molecule has 3 heterocycles. The zero-order valence-electron chi connectivity index (χ0n) is 43.9. The molecule has 402 valence electrons. The summed E-state index contributed by atoms with van der Waals surface area (Å²) in [7, 11) is 3.07. The maximum atomic E-state index is 14.5. The molecule has 15 atom stereocenters. The van der Waals surface area contributed by atoms with E-state index in [2.05, 4.69) is 22.6 Å². The molecular weight excluding hydrogens is 1030 g/mol. The molecule has 3 aliphatic heterocycles. The topological polar surface area (TPSA) is 205 Å². The number of ether oxygens (including phenoxy) is 6. The highest BCUT2D eigenvalue weighted by atomic mass is 127. The molecule has 3 N–H and O–H groups in total. The summed E-state index contributed by atoms with van der Waals surface area (Å²) in [6, 6.07) is -1.15. The summed E-state index contributed by atoms with van der Waals surface area (Å²) >= 11 is 2.34. The second-order valence-corrected chi connectivity index (χ2v) is 21.9. The van der Waals surface area contributed by atoms with Crippen LogP contribution in [0.3, 0.4) is 0 Å². The maximum absolute atomic E-state index is 14.5. The van der Waals surface area contributed by atoms with Crippen molar-refractivity contribution in [3.8, 4) is 0 Å². The number of carbonyl (C=O) groups excluding carboxylic acids is 5. The standard InChI is InChI=1S/C55H86INO14/c1-34-16-11-10-12-17-35(2)46(69-27-25-58)32-42-21-19-40(7)55(65,71-42)52(62)53(63)57-24-14-13-18-43(57)54(64)70-47(37(4)30-41-20-22-45(48(31-41)66-8)68-26-15-23-56)33-44(59)36(3)29-39(6)50(61)51(67-9)49(60)38(5)28-34/h10-12,16-17,29,34,36-38,40-43,45-48,50-51,58,61,65H,13-15,18-28,30-33H2,1-9H3/b12-10+,16-11+,35-17+,39-29+/t34-,36-,37-,38-,40-,41+,42+,43?,45-,46+,47+,48-,50-,51+,55-/m1/s1. The molecule has 15 nitrogen and oxygen atoms in total. The van der Waals surface area contributed by atoms with Gasteiger partial charge in [0.05, 0.1) is 37.6 Å². The van der Waals surface area contributed by atoms with Crippen molar-refractivity contribution in [3.63, 3.8) is 0 Å². The third-order valence-electron chi connectivity index (χ3n) is 15.2. The molecule has 1 aliphatic carbocycles. The summed E-state index contributed by atoms with van der Waals surface area (Å²) in [4.78, 5) is 72.5. The van der Waals surface area contributed by atoms with Gasteiger partial charge in [0, 0.05) is 62.4 Å². The third kappa shape index (κ3) is 17.4. The van der Waals surface area contributed by atoms with Crippen LogP contribution in [0.2, 0.25) is 0 Å². The molecule has 16 heteroatoms. The molecule has 1 saturated carbocycles. The molecule has 2 saturated heterocycles. The Morgan fingerprint density at radius 1 is 0.873 bits per heavy atom. The van der Waals surface area contributed by atoms with Gasteiger partial charge in [-0.05, 0) is 113 Å². The number of alkyl halides is 1. The summed E-state index contributed by atoms with van der Waals surface area (Å²) in [5, 5.41) is 33.2. The highest BCUT2D eigenvalue weighted by molar-refractivity contribution is 14.1. The first kappa shape index (κ1) is 60.9. The predicted molar refractivity (Wildman–Crippen MR) is 278 cm³/mol. The van der Waals surface area contributed by atoms with Crippen LogP contribution in [-0.4, -0.2) is 149 Å². The zero-order valence-corrected chi connectivity index (χ0v) is 46.1. The SMILES string of the molecule is CO[C@@H]1C[C@H](C[C@@H](C)[C@@H]2CC(=O)[C@H](C)/C=C(\C)[C@@H](O)[C@@H](OC)C(=O)[C@H](C)C[C@H](C)/C=C/C=C/C=C(\C)[C@@H](OCCO)C[C@@H]3CC[C@@H](C)[C@@](O)(O3)C(=O)C(=O)N3CCCCC3C(=O)O2)CC[C@H]1OCCCI. The highest BCUT2D eigenvalue weighted by Crippen LogP contribution is 2.38. The lowest BCUT2D eigenvalue weighted by atomic mass is 9.78. The number of methoxy groups -OCH3 is 2. The minimum absolute atomic E-state index is 0.00518. The average Bonchev–Trinajstić information content (AvgIpc) is 3.35. The quantitative estimate of drug-likeness (QED) is 0.0436. The molecule has 0 aromatic rings. The van der Waals surface area contributed by atoms with Gasteiger partial charge >= 0.3 is 5.97 Å². The van der Waals surface area contributed by atoms with Gasteiger partial charge in [0.15, 0.2) is 5.78 Å². The number of hydrogen-bond acceptors (Lipinski definition) is 14. The Kier molecular flexibility index (Phi) is 25.7. The van der Waals surface area contributed by atoms with Gasteiger partial charge in [-0.25, -0.2) is 4.79 Å². The van der Waals surface area contributed by atoms with E-state index in [4.69, 9.17) is 28.4 Å². The minimum Gasteiger partial charge on any atom is -0.460 e. The van der Waals surface area contributed by atoms with Crippen LogP contribution >= 0.6 is 22.6 Å². The predicted octanol–water partition coefficient (Wildman–Crippen LogP) is 7.39. The van der Waals surface area contributed by atoms with Crippen LogP contribution in [0, 0.1) is 35.5 Å². The van der Waals surface area contributed by atoms with Gasteiger partial charge in [-0.1, -0.05) is 93.7 Å². The van der Waals surface area contributed by atoms with Crippen LogP contribution in [-0.2, 0) is 52.4 Å². The molecule has 4 aliphatic rings. The number of carbonyl (C=O) groups is 5. The van der Waals surface area contributed by atoms with Gasteiger partial charge in [-0.15, -0.1) is 0 Å². The number of piperidine rings is 1. The second kappa shape index (κ2) is 30.0. The van der Waals surface area contributed by atoms with E-state index in [1.807, 2.05) is 58.1 Å². The highest BCUT2D eigenvalue weighted by Gasteiger charge is 2.53. The number of fused-ring (bicyclic) bond motifs is 3. The van der Waals surface area contributed by atoms with Crippen molar-refractivity contribution in [2.45, 2.75) is 186 Å². The van der Waals surface area contributed by atoms with E-state index in [-0.39, 0.29) is 80.5 Å². The van der Waals surface area contributed by atoms with Gasteiger partial charge in [-0.3, -0.25) is 19.2 Å². The van der Waals surface area contributed by atoms with Gasteiger partial charge in [0.2, 0.25) is 5.79 Å². The van der Waals surface area contributed by atoms with Crippen molar-refractivity contribution >= 4 is 51.8 Å². The lowest BCUT2D eigenvalue weighted by molar-refractivity contribution is -0.266. The van der Waals surface area contributed by atoms with Gasteiger partial charge in [0.25, 0.3) is 11.7 Å². The number of amides is 1. The van der Waals surface area contributed by atoms with Crippen molar-refractivity contribution in [2.75, 3.05) is 45.0 Å². The zero-order chi connectivity index (χ0) is 52.4. The van der Waals surface area contributed by atoms with E-state index in [1.54, 1.807) is 34.0 Å². The summed E-state index contributed by atoms with van der Waals surface area (Å²) < 4.78 is 37.3. The summed E-state index contributed by atoms with van der Waals surface area (Å²) in [6.07, 6.45) is 13.0. The molecule has 4 rings (SSSR count). The number of aliphatic hydroxyl groups excluding tert-OH is 2. The normalized spacial score (nSPS) is 38.0. The minimum atomic E-state index is -2.47. The van der Waals surface area contributed by atoms with Gasteiger partial charge < -0.3 is 48.6 Å². The number of halogens is 1. The number of Topliss-reactive ketones (excluding diaryl/α,β-unsaturated/α-hetero) is 3. The molecule has 71 heavy (non-hydrogen) atoms. The van der Waals surface area contributed by atoms with E-state index in [0.29, 0.717) is 50.7 Å². The molecule has 0 spiro atoms. The monoisotopic (exact) mass is 1110 g/mol. The number of esters is 1. The Bertz CT molecular complexity index is 1870. The second-order valence-electron chi connectivity index (χ2n) is 20.8. The van der Waals surface area contributed by atoms with Crippen molar-refractivity contribution in [1.29, 1.82) is 0 Å². The van der Waals surface area contributed by atoms with E-state index in [9.17, 15) is 39.3 Å². The van der Waals surface area contributed by atoms with Crippen molar-refractivity contribution < 1.29 is 67.7 Å². The molecule has 0 aromatic heterocycles. The fraction of sp³-hybridized carbons (Fsp3) is 0.764. The van der Waals surface area contributed by atoms with Gasteiger partial charge in [-0.2, -0.15) is 0 Å². The number of rotatable bonds is 12. The Morgan fingerprint density at radius 2 is 1.62 bits per heavy atom. The van der Waals surface area contributed by atoms with E-state index < -0.39 is 77.8 Å². The van der Waals surface area contributed by atoms with Crippen molar-refractivity contribution in [3.05, 3.63) is 47.6 Å². The summed E-state index contributed by atoms with van der Waals surface area (Å²) in [6.45, 7) is 13.2. The molecule has 1 unspecified atom stereocenters. The maximum Gasteiger partial charge on any atom is 0.329 e. The number of cyclic esters (lactones) is 1. The molecular formula is C55H86INO14. The number of ketones is 3. The molecule has 1 amide bonds. The van der Waals surface area contributed by atoms with E-state index >= 15 is 0 Å². The van der Waals surface area contributed by atoms with Crippen LogP contribution in [0.25, 0.3) is 0 Å². The number of aliphatic hydroxyl groups is 3. The van der Waals surface area contributed by atoms with Crippen LogP contribution in [0.1, 0.15) is 132 Å². The molecule has 0 radical (unpaired) electrons. The van der Waals surface area contributed by atoms with Crippen molar-refractivity contribution in [2.24, 2.45) is 35.5 Å². The average molecular weight is 1110 g/mol. The van der Waals surface area contributed by atoms with Crippen LogP contribution in [0.5, 0.6) is 0 Å². The van der Waals surface area contributed by atoms with Crippen molar-refractivity contribution in [1.82, 2.24) is 4.90 Å². The Labute approximate surface area is 437 Å². The Balaban J connectivity index is 1.70. The Hall–Kier alpha value is -2.68. The number of nitrogens with zero attached hydrogens (tertiary/aromatic N) is 1. The smallest absolute Gasteiger partial charge is 0.329 e. The van der Waals surface area contributed by atoms with Crippen LogP contribution in [0.4, 0.5) is 0 Å². The van der Waals surface area contributed by atoms with Crippen LogP contribution < -0.4 is 0 Å². The molecule has 3 fully saturated rings. The Morgan fingerprint density at radius 3 is 2.31 bits per heavy atom. The summed E-state index contributed by atoms with van der Waals surface area (Å²) in [5.41, 5.74) is 1.20. The largest absolute Gasteiger partial charge is 0.460 e. The third-order valence-corrected chi connectivity index (χ3v) is 16.0. The first-order chi connectivity index (χ1) is 33.8. The summed E-state index contributed by atoms with van der Waals surface area (Å²) in [5.74, 6) is -8.00. The lowest BCUT2D eigenvalue weighted by Gasteiger charge is -2.43. The van der Waals surface area contributed by atoms with E-state index in [1.165, 1.54) is 12.0 Å². The first-order valence-electron chi connectivity index (χ1n) is 26.2. The lowest BCUT2D eigenvalue weighted by Crippen LogP contribution is -2.61. The first-order valence-corrected chi connectivity index (χ1v) is 27.7. The number of hydrogen-bond donors (Lipinski definition) is 3. The van der Waals surface area contributed by atoms with Crippen LogP contribution in [0.15, 0.2) is 47.6 Å². The fourth-order valence-electron chi connectivity index (χ4n) is 10.7. The van der Waals surface area contributed by atoms with E-state index in [0.717, 1.165) is 35.7 Å². The fourth-order valence-corrected chi connectivity index (χ4v) is 11.0.